The van der Waals surface area contributed by atoms with E-state index < -0.39 is 121 Å². The Morgan fingerprint density at radius 1 is 0.385 bits per heavy atom. The highest BCUT2D eigenvalue weighted by Crippen LogP contribution is 2.42. The lowest BCUT2D eigenvalue weighted by Crippen LogP contribution is -1.96. The van der Waals surface area contributed by atoms with E-state index in [1.165, 1.54) is 9.13 Å². The van der Waals surface area contributed by atoms with Crippen molar-refractivity contribution < 1.29 is 36.2 Å². The molecule has 0 aliphatic carbocycles. The van der Waals surface area contributed by atoms with Gasteiger partial charge in [-0.1, -0.05) is 109 Å². The van der Waals surface area contributed by atoms with Crippen molar-refractivity contribution in [3.05, 3.63) is 169 Å². The molecule has 4 heterocycles. The van der Waals surface area contributed by atoms with Gasteiger partial charge in [0.2, 0.25) is 0 Å². The molecule has 0 radical (unpaired) electrons. The second kappa shape index (κ2) is 10.3. The van der Waals surface area contributed by atoms with Crippen molar-refractivity contribution in [2.24, 2.45) is 0 Å². The molecule has 0 saturated carbocycles. The molecule has 0 N–H and O–H groups in total. The molecular weight excluding hydrogens is 637 g/mol. The van der Waals surface area contributed by atoms with E-state index in [-0.39, 0.29) is 98.9 Å². The predicted molar refractivity (Wildman–Crippen MR) is 215 cm³/mol. The van der Waals surface area contributed by atoms with Gasteiger partial charge >= 0.3 is 0 Å². The molecule has 12 rings (SSSR count). The minimum absolute atomic E-state index is 0.0112. The standard InChI is InChI=1S/C48H28N2O2/c1-5-19-41-33(15-1)37-23-25-39-35-17-3-7-21-43(35)51-47(39)45(37)49(41)31-13-9-11-29(27-31)30-12-10-14-32(28-30)50-42-20-6-2-16-34(42)38-24-26-40-36-18-4-8-22-44(36)52-48(40)46(38)50/h1-28H/i1D,2D,3D,4D,5D,6D,7D,8D,15D,16D,17D,18D,19D,20D,21D,22D,23D,24D,25D,26D. The average Bonchev–Trinajstić information content (AvgIpc) is 4.16. The van der Waals surface area contributed by atoms with E-state index in [1.54, 1.807) is 48.5 Å². The molecule has 0 unspecified atom stereocenters. The number of nitrogens with zero attached hydrogens (tertiary/aromatic N) is 2. The smallest absolute Gasteiger partial charge is 0.160 e. The Morgan fingerprint density at radius 2 is 0.788 bits per heavy atom. The molecule has 0 aliphatic heterocycles. The largest absolute Gasteiger partial charge is 0.454 e. The van der Waals surface area contributed by atoms with Gasteiger partial charge < -0.3 is 18.0 Å². The number of rotatable bonds is 3. The van der Waals surface area contributed by atoms with Gasteiger partial charge in [0.25, 0.3) is 0 Å². The lowest BCUT2D eigenvalue weighted by molar-refractivity contribution is 0.670. The summed E-state index contributed by atoms with van der Waals surface area (Å²) < 4.78 is 192. The molecule has 4 aromatic heterocycles. The van der Waals surface area contributed by atoms with Crippen LogP contribution in [0.15, 0.2) is 178 Å². The van der Waals surface area contributed by atoms with Crippen LogP contribution in [-0.4, -0.2) is 9.13 Å². The van der Waals surface area contributed by atoms with Crippen LogP contribution in [0.3, 0.4) is 0 Å². The van der Waals surface area contributed by atoms with Crippen LogP contribution in [0.1, 0.15) is 27.4 Å². The summed E-state index contributed by atoms with van der Waals surface area (Å²) in [4.78, 5) is 0. The van der Waals surface area contributed by atoms with Crippen LogP contribution >= 0.6 is 0 Å². The van der Waals surface area contributed by atoms with Crippen molar-refractivity contribution in [1.29, 1.82) is 0 Å². The van der Waals surface area contributed by atoms with E-state index in [9.17, 15) is 8.22 Å². The summed E-state index contributed by atoms with van der Waals surface area (Å²) in [6.07, 6.45) is 0. The molecule has 0 bridgehead atoms. The number of benzene rings is 8. The predicted octanol–water partition coefficient (Wildman–Crippen LogP) is 13.3. The molecule has 242 valence electrons. The van der Waals surface area contributed by atoms with E-state index in [4.69, 9.17) is 28.0 Å². The van der Waals surface area contributed by atoms with Gasteiger partial charge in [0.15, 0.2) is 11.2 Å². The number of hydrogen-bond donors (Lipinski definition) is 0. The lowest BCUT2D eigenvalue weighted by atomic mass is 10.0. The summed E-state index contributed by atoms with van der Waals surface area (Å²) in [6, 6.07) is 2.36. The fraction of sp³-hybridized carbons (Fsp3) is 0. The maximum Gasteiger partial charge on any atom is 0.160 e. The molecule has 4 heteroatoms. The van der Waals surface area contributed by atoms with Crippen molar-refractivity contribution in [3.63, 3.8) is 0 Å². The topological polar surface area (TPSA) is 36.1 Å². The fourth-order valence-electron chi connectivity index (χ4n) is 7.29. The third kappa shape index (κ3) is 3.70. The number of hydrogen-bond acceptors (Lipinski definition) is 2. The van der Waals surface area contributed by atoms with Gasteiger partial charge in [0, 0.05) is 54.5 Å². The average molecular weight is 685 g/mol. The van der Waals surface area contributed by atoms with Gasteiger partial charge in [0.05, 0.1) is 49.5 Å². The lowest BCUT2D eigenvalue weighted by Gasteiger charge is -2.13. The van der Waals surface area contributed by atoms with E-state index >= 15 is 0 Å². The van der Waals surface area contributed by atoms with Gasteiger partial charge in [0.1, 0.15) is 11.2 Å². The Bertz CT molecular complexity index is 4300. The zero-order valence-corrected chi connectivity index (χ0v) is 26.3. The van der Waals surface area contributed by atoms with Gasteiger partial charge in [-0.15, -0.1) is 0 Å². The SMILES string of the molecule is [2H]c1c([2H])c([2H])c2c(oc3c2c([2H])c([2H])c2c4c([2H])c([2H])c([2H])c([2H])c4n(-c4cccc(-c5cccc(-n6c7c([2H])c([2H])c([2H])c([2H])c7c7c([2H])c([2H])c8c(oc9c([2H])c([2H])c([2H])c([2H])c98)c76)c5)c4)c32)c1[2H]. The second-order valence-electron chi connectivity index (χ2n) is 12.2. The van der Waals surface area contributed by atoms with Gasteiger partial charge in [-0.2, -0.15) is 0 Å². The van der Waals surface area contributed by atoms with Crippen molar-refractivity contribution in [2.45, 2.75) is 0 Å². The molecule has 0 fully saturated rings. The number of furan rings is 2. The minimum atomic E-state index is -0.610. The summed E-state index contributed by atoms with van der Waals surface area (Å²) in [5, 5.41) is -1.01. The molecule has 0 spiro atoms. The van der Waals surface area contributed by atoms with Crippen LogP contribution < -0.4 is 0 Å². The molecule has 52 heavy (non-hydrogen) atoms. The summed E-state index contributed by atoms with van der Waals surface area (Å²) >= 11 is 0. The maximum absolute atomic E-state index is 9.34. The van der Waals surface area contributed by atoms with Gasteiger partial charge in [-0.05, 0) is 71.6 Å². The molecular formula is C48H28N2O2. The normalized spacial score (nSPS) is 17.6. The molecule has 12 aromatic rings. The molecule has 4 nitrogen and oxygen atoms in total. The zero-order valence-electron chi connectivity index (χ0n) is 46.3. The zero-order chi connectivity index (χ0) is 51.3. The quantitative estimate of drug-likeness (QED) is 0.186. The first-order chi connectivity index (χ1) is 34.1. The highest BCUT2D eigenvalue weighted by molar-refractivity contribution is 6.23. The highest BCUT2D eigenvalue weighted by Gasteiger charge is 2.21. The van der Waals surface area contributed by atoms with E-state index in [2.05, 4.69) is 0 Å². The Labute approximate surface area is 325 Å². The number of para-hydroxylation sites is 4. The Kier molecular flexibility index (Phi) is 2.97. The highest BCUT2D eigenvalue weighted by atomic mass is 16.3. The summed E-state index contributed by atoms with van der Waals surface area (Å²) in [6.45, 7) is 0. The monoisotopic (exact) mass is 684 g/mol. The third-order valence-corrected chi connectivity index (χ3v) is 9.47. The summed E-state index contributed by atoms with van der Waals surface area (Å²) in [5.74, 6) is 0. The number of aromatic nitrogens is 2. The maximum atomic E-state index is 9.34. The van der Waals surface area contributed by atoms with Crippen LogP contribution in [0.2, 0.25) is 0 Å². The second-order valence-corrected chi connectivity index (χ2v) is 12.2. The Hall–Kier alpha value is -7.04. The Balaban J connectivity index is 1.18. The first kappa shape index (κ1) is 15.1. The summed E-state index contributed by atoms with van der Waals surface area (Å²) in [7, 11) is 0. The molecule has 0 aliphatic rings. The van der Waals surface area contributed by atoms with Crippen molar-refractivity contribution in [1.82, 2.24) is 9.13 Å². The van der Waals surface area contributed by atoms with Crippen LogP contribution in [0.4, 0.5) is 0 Å². The van der Waals surface area contributed by atoms with Crippen molar-refractivity contribution in [3.8, 4) is 22.5 Å². The van der Waals surface area contributed by atoms with Gasteiger partial charge in [-0.3, -0.25) is 0 Å². The number of fused-ring (bicyclic) bond motifs is 14. The van der Waals surface area contributed by atoms with Gasteiger partial charge in [-0.25, -0.2) is 0 Å². The van der Waals surface area contributed by atoms with Crippen LogP contribution in [0.25, 0.3) is 110 Å². The van der Waals surface area contributed by atoms with Crippen molar-refractivity contribution in [2.75, 3.05) is 0 Å². The molecule has 0 saturated heterocycles. The van der Waals surface area contributed by atoms with Crippen LogP contribution in [-0.2, 0) is 0 Å². The van der Waals surface area contributed by atoms with Crippen LogP contribution in [0, 0.1) is 0 Å². The Morgan fingerprint density at radius 3 is 1.27 bits per heavy atom. The van der Waals surface area contributed by atoms with E-state index in [0.29, 0.717) is 11.1 Å². The molecule has 0 amide bonds. The van der Waals surface area contributed by atoms with Crippen molar-refractivity contribution >= 4 is 87.5 Å². The van der Waals surface area contributed by atoms with E-state index in [0.717, 1.165) is 0 Å². The fourth-order valence-corrected chi connectivity index (χ4v) is 7.29. The molecule has 8 aromatic carbocycles. The first-order valence-corrected chi connectivity index (χ1v) is 16.1. The summed E-state index contributed by atoms with van der Waals surface area (Å²) in [5.41, 5.74) is 0.267. The van der Waals surface area contributed by atoms with E-state index in [1.807, 2.05) is 0 Å². The first-order valence-electron chi connectivity index (χ1n) is 26.1. The minimum Gasteiger partial charge on any atom is -0.454 e. The third-order valence-electron chi connectivity index (χ3n) is 9.47. The van der Waals surface area contributed by atoms with Crippen LogP contribution in [0.5, 0.6) is 0 Å². The molecule has 0 atom stereocenters.